The second-order valence-electron chi connectivity index (χ2n) is 7.18. The van der Waals surface area contributed by atoms with Crippen molar-refractivity contribution in [2.75, 3.05) is 13.2 Å². The first-order valence-electron chi connectivity index (χ1n) is 9.48. The van der Waals surface area contributed by atoms with Gasteiger partial charge in [0.15, 0.2) is 6.61 Å². The van der Waals surface area contributed by atoms with Crippen LogP contribution in [0.1, 0.15) is 41.8 Å². The van der Waals surface area contributed by atoms with Crippen molar-refractivity contribution < 1.29 is 19.1 Å². The standard InChI is InChI=1S/C22H27BrN2O4/c1-14(2)10-11-28-19-9-8-17(23)12-18(19)22(27)25-24-20(26)13-29-21-15(3)6-5-7-16(21)4/h5-9,12,14H,10-11,13H2,1-4H3,(H,24,26)(H,25,27). The van der Waals surface area contributed by atoms with Crippen molar-refractivity contribution >= 4 is 27.7 Å². The van der Waals surface area contributed by atoms with Crippen molar-refractivity contribution in [2.45, 2.75) is 34.1 Å². The number of rotatable bonds is 8. The third kappa shape index (κ3) is 7.09. The average molecular weight is 463 g/mol. The molecule has 0 aliphatic rings. The quantitative estimate of drug-likeness (QED) is 0.572. The number of hydrogen-bond donors (Lipinski definition) is 2. The number of amides is 2. The van der Waals surface area contributed by atoms with E-state index < -0.39 is 11.8 Å². The molecule has 2 N–H and O–H groups in total. The lowest BCUT2D eigenvalue weighted by atomic mass is 10.1. The lowest BCUT2D eigenvalue weighted by Gasteiger charge is -2.14. The molecule has 0 saturated carbocycles. The molecule has 2 rings (SSSR count). The predicted molar refractivity (Wildman–Crippen MR) is 116 cm³/mol. The SMILES string of the molecule is Cc1cccc(C)c1OCC(=O)NNC(=O)c1cc(Br)ccc1OCCC(C)C. The highest BCUT2D eigenvalue weighted by Gasteiger charge is 2.15. The lowest BCUT2D eigenvalue weighted by molar-refractivity contribution is -0.123. The summed E-state index contributed by atoms with van der Waals surface area (Å²) in [7, 11) is 0. The Hall–Kier alpha value is -2.54. The van der Waals surface area contributed by atoms with E-state index >= 15 is 0 Å². The van der Waals surface area contributed by atoms with Crippen LogP contribution in [0.2, 0.25) is 0 Å². The molecule has 156 valence electrons. The van der Waals surface area contributed by atoms with Gasteiger partial charge in [-0.3, -0.25) is 20.4 Å². The number of benzene rings is 2. The van der Waals surface area contributed by atoms with Gasteiger partial charge in [0.2, 0.25) is 0 Å². The van der Waals surface area contributed by atoms with Crippen LogP contribution < -0.4 is 20.3 Å². The Morgan fingerprint density at radius 3 is 2.38 bits per heavy atom. The monoisotopic (exact) mass is 462 g/mol. The highest BCUT2D eigenvalue weighted by Crippen LogP contribution is 2.24. The first-order chi connectivity index (χ1) is 13.8. The van der Waals surface area contributed by atoms with Crippen LogP contribution in [0.5, 0.6) is 11.5 Å². The first-order valence-corrected chi connectivity index (χ1v) is 10.3. The fraction of sp³-hybridized carbons (Fsp3) is 0.364. The van der Waals surface area contributed by atoms with Gasteiger partial charge in [-0.2, -0.15) is 0 Å². The predicted octanol–water partition coefficient (Wildman–Crippen LogP) is 4.33. The van der Waals surface area contributed by atoms with Gasteiger partial charge >= 0.3 is 0 Å². The van der Waals surface area contributed by atoms with E-state index in [9.17, 15) is 9.59 Å². The number of halogens is 1. The normalized spacial score (nSPS) is 10.6. The number of aryl methyl sites for hydroxylation is 2. The molecule has 2 amide bonds. The van der Waals surface area contributed by atoms with Crippen LogP contribution in [0, 0.1) is 19.8 Å². The van der Waals surface area contributed by atoms with Gasteiger partial charge in [-0.1, -0.05) is 48.0 Å². The Labute approximate surface area is 180 Å². The van der Waals surface area contributed by atoms with E-state index in [1.165, 1.54) is 0 Å². The molecule has 0 heterocycles. The largest absolute Gasteiger partial charge is 0.493 e. The number of ether oxygens (including phenoxy) is 2. The number of nitrogens with one attached hydrogen (secondary N) is 2. The van der Waals surface area contributed by atoms with Gasteiger partial charge in [-0.15, -0.1) is 0 Å². The topological polar surface area (TPSA) is 76.7 Å². The summed E-state index contributed by atoms with van der Waals surface area (Å²) >= 11 is 3.36. The maximum Gasteiger partial charge on any atom is 0.276 e. The molecular formula is C22H27BrN2O4. The van der Waals surface area contributed by atoms with Gasteiger partial charge in [0.1, 0.15) is 11.5 Å². The number of carbonyl (C=O) groups excluding carboxylic acids is 2. The van der Waals surface area contributed by atoms with Crippen molar-refractivity contribution in [2.24, 2.45) is 5.92 Å². The molecule has 0 saturated heterocycles. The number of carbonyl (C=O) groups is 2. The van der Waals surface area contributed by atoms with Crippen LogP contribution in [0.4, 0.5) is 0 Å². The summed E-state index contributed by atoms with van der Waals surface area (Å²) in [5.41, 5.74) is 7.01. The Bertz CT molecular complexity index is 848. The van der Waals surface area contributed by atoms with E-state index in [4.69, 9.17) is 9.47 Å². The molecule has 0 aliphatic heterocycles. The third-order valence-corrected chi connectivity index (χ3v) is 4.70. The summed E-state index contributed by atoms with van der Waals surface area (Å²) < 4.78 is 12.1. The van der Waals surface area contributed by atoms with Gasteiger partial charge in [0.05, 0.1) is 12.2 Å². The summed E-state index contributed by atoms with van der Waals surface area (Å²) in [5, 5.41) is 0. The highest BCUT2D eigenvalue weighted by atomic mass is 79.9. The lowest BCUT2D eigenvalue weighted by Crippen LogP contribution is -2.44. The molecule has 0 unspecified atom stereocenters. The minimum atomic E-state index is -0.466. The van der Waals surface area contributed by atoms with E-state index in [1.54, 1.807) is 18.2 Å². The summed E-state index contributed by atoms with van der Waals surface area (Å²) in [6.45, 7) is 8.34. The van der Waals surface area contributed by atoms with Crippen LogP contribution in [-0.2, 0) is 4.79 Å². The summed E-state index contributed by atoms with van der Waals surface area (Å²) in [5.74, 6) is 0.706. The van der Waals surface area contributed by atoms with E-state index in [1.807, 2.05) is 32.0 Å². The average Bonchev–Trinajstić information content (AvgIpc) is 2.66. The maximum atomic E-state index is 12.5. The van der Waals surface area contributed by atoms with Gasteiger partial charge in [-0.05, 0) is 55.5 Å². The summed E-state index contributed by atoms with van der Waals surface area (Å²) in [6, 6.07) is 10.9. The Morgan fingerprint density at radius 1 is 1.03 bits per heavy atom. The van der Waals surface area contributed by atoms with Crippen molar-refractivity contribution in [3.05, 3.63) is 57.6 Å². The Kier molecular flexibility index (Phi) is 8.51. The smallest absolute Gasteiger partial charge is 0.276 e. The molecule has 2 aromatic rings. The molecule has 0 aliphatic carbocycles. The second kappa shape index (κ2) is 10.9. The zero-order valence-electron chi connectivity index (χ0n) is 17.2. The van der Waals surface area contributed by atoms with Gasteiger partial charge in [-0.25, -0.2) is 0 Å². The molecule has 7 heteroatoms. The van der Waals surface area contributed by atoms with Crippen LogP contribution in [0.25, 0.3) is 0 Å². The van der Waals surface area contributed by atoms with Crippen LogP contribution in [0.15, 0.2) is 40.9 Å². The number of para-hydroxylation sites is 1. The van der Waals surface area contributed by atoms with E-state index in [0.29, 0.717) is 29.6 Å². The third-order valence-electron chi connectivity index (χ3n) is 4.21. The Balaban J connectivity index is 1.92. The van der Waals surface area contributed by atoms with Gasteiger partial charge < -0.3 is 9.47 Å². The molecule has 0 atom stereocenters. The molecule has 0 bridgehead atoms. The highest BCUT2D eigenvalue weighted by molar-refractivity contribution is 9.10. The minimum absolute atomic E-state index is 0.206. The van der Waals surface area contributed by atoms with E-state index in [0.717, 1.165) is 22.0 Å². The van der Waals surface area contributed by atoms with Gasteiger partial charge in [0.25, 0.3) is 11.8 Å². The molecular weight excluding hydrogens is 436 g/mol. The molecule has 0 spiro atoms. The fourth-order valence-electron chi connectivity index (χ4n) is 2.60. The van der Waals surface area contributed by atoms with Crippen molar-refractivity contribution in [1.29, 1.82) is 0 Å². The Morgan fingerprint density at radius 2 is 1.72 bits per heavy atom. The molecule has 0 radical (unpaired) electrons. The summed E-state index contributed by atoms with van der Waals surface area (Å²) in [6.07, 6.45) is 0.878. The van der Waals surface area contributed by atoms with E-state index in [-0.39, 0.29) is 6.61 Å². The summed E-state index contributed by atoms with van der Waals surface area (Å²) in [4.78, 5) is 24.6. The van der Waals surface area contributed by atoms with Crippen LogP contribution >= 0.6 is 15.9 Å². The second-order valence-corrected chi connectivity index (χ2v) is 8.10. The van der Waals surface area contributed by atoms with Crippen molar-refractivity contribution in [1.82, 2.24) is 10.9 Å². The first kappa shape index (κ1) is 22.7. The zero-order valence-corrected chi connectivity index (χ0v) is 18.8. The molecule has 29 heavy (non-hydrogen) atoms. The molecule has 2 aromatic carbocycles. The van der Waals surface area contributed by atoms with E-state index in [2.05, 4.69) is 40.6 Å². The number of hydrogen-bond acceptors (Lipinski definition) is 4. The zero-order chi connectivity index (χ0) is 21.4. The van der Waals surface area contributed by atoms with Gasteiger partial charge in [0, 0.05) is 4.47 Å². The molecule has 0 aromatic heterocycles. The van der Waals surface area contributed by atoms with Crippen molar-refractivity contribution in [3.8, 4) is 11.5 Å². The van der Waals surface area contributed by atoms with Crippen molar-refractivity contribution in [3.63, 3.8) is 0 Å². The molecule has 0 fully saturated rings. The number of hydrazine groups is 1. The fourth-order valence-corrected chi connectivity index (χ4v) is 2.97. The minimum Gasteiger partial charge on any atom is -0.493 e. The van der Waals surface area contributed by atoms with Crippen LogP contribution in [-0.4, -0.2) is 25.0 Å². The van der Waals surface area contributed by atoms with Crippen LogP contribution in [0.3, 0.4) is 0 Å². The maximum absolute atomic E-state index is 12.5. The molecule has 6 nitrogen and oxygen atoms in total.